The van der Waals surface area contributed by atoms with Crippen LogP contribution in [0.5, 0.6) is 0 Å². The molecule has 2 amide bonds. The normalized spacial score (nSPS) is 14.5. The molecule has 2 rings (SSSR count). The van der Waals surface area contributed by atoms with E-state index in [-0.39, 0.29) is 24.3 Å². The Morgan fingerprint density at radius 2 is 1.77 bits per heavy atom. The number of rotatable bonds is 7. The number of aliphatic hydroxyl groups is 1. The van der Waals surface area contributed by atoms with Crippen LogP contribution in [-0.4, -0.2) is 29.1 Å². The molecule has 0 heterocycles. The Morgan fingerprint density at radius 3 is 2.27 bits per heavy atom. The molecule has 0 unspecified atom stereocenters. The highest BCUT2D eigenvalue weighted by molar-refractivity contribution is 5.96. The van der Waals surface area contributed by atoms with Crippen molar-refractivity contribution < 1.29 is 14.7 Å². The first kappa shape index (κ1) is 16.5. The number of benzene rings is 1. The third kappa shape index (κ3) is 4.31. The van der Waals surface area contributed by atoms with Crippen LogP contribution in [0, 0.1) is 5.92 Å². The lowest BCUT2D eigenvalue weighted by atomic mass is 9.97. The van der Waals surface area contributed by atoms with E-state index in [0.29, 0.717) is 24.1 Å². The summed E-state index contributed by atoms with van der Waals surface area (Å²) in [6.07, 6.45) is 3.11. The summed E-state index contributed by atoms with van der Waals surface area (Å²) in [6, 6.07) is 6.80. The molecular formula is C17H24N2O3. The number of hydrogen-bond acceptors (Lipinski definition) is 3. The Hall–Kier alpha value is -1.88. The molecule has 0 radical (unpaired) electrons. The zero-order valence-electron chi connectivity index (χ0n) is 13.2. The van der Waals surface area contributed by atoms with Gasteiger partial charge in [-0.15, -0.1) is 0 Å². The van der Waals surface area contributed by atoms with Crippen LogP contribution in [0.4, 0.5) is 5.69 Å². The Kier molecular flexibility index (Phi) is 5.19. The average molecular weight is 304 g/mol. The number of amides is 2. The Bertz CT molecular complexity index is 531. The van der Waals surface area contributed by atoms with Gasteiger partial charge in [0.2, 0.25) is 5.91 Å². The van der Waals surface area contributed by atoms with Gasteiger partial charge in [0.1, 0.15) is 0 Å². The third-order valence-corrected chi connectivity index (χ3v) is 4.26. The van der Waals surface area contributed by atoms with Gasteiger partial charge < -0.3 is 15.7 Å². The maximum Gasteiger partial charge on any atom is 0.251 e. The van der Waals surface area contributed by atoms with E-state index in [1.54, 1.807) is 24.3 Å². The van der Waals surface area contributed by atoms with Crippen LogP contribution in [0.15, 0.2) is 24.3 Å². The molecule has 0 spiro atoms. The van der Waals surface area contributed by atoms with E-state index in [2.05, 4.69) is 10.6 Å². The number of anilines is 1. The molecule has 1 aromatic carbocycles. The Morgan fingerprint density at radius 1 is 1.18 bits per heavy atom. The standard InChI is InChI=1S/C17H24N2O3/c1-3-17(22,4-2)11-18-15(20)12-7-9-14(10-8-12)19-16(21)13-5-6-13/h7-10,13,22H,3-6,11H2,1-2H3,(H,18,20)(H,19,21). The SMILES string of the molecule is CCC(O)(CC)CNC(=O)c1ccc(NC(=O)C2CC2)cc1. The van der Waals surface area contributed by atoms with Crippen molar-refractivity contribution in [3.05, 3.63) is 29.8 Å². The van der Waals surface area contributed by atoms with Gasteiger partial charge in [0.15, 0.2) is 0 Å². The van der Waals surface area contributed by atoms with E-state index in [4.69, 9.17) is 0 Å². The molecule has 0 aliphatic heterocycles. The Labute approximate surface area is 131 Å². The number of nitrogens with one attached hydrogen (secondary N) is 2. The zero-order valence-corrected chi connectivity index (χ0v) is 13.2. The van der Waals surface area contributed by atoms with Crippen LogP contribution in [0.3, 0.4) is 0 Å². The molecule has 1 saturated carbocycles. The van der Waals surface area contributed by atoms with Gasteiger partial charge in [-0.1, -0.05) is 13.8 Å². The maximum atomic E-state index is 12.1. The minimum absolute atomic E-state index is 0.0492. The van der Waals surface area contributed by atoms with Crippen LogP contribution in [0.2, 0.25) is 0 Å². The number of carbonyl (C=O) groups excluding carboxylic acids is 2. The van der Waals surface area contributed by atoms with E-state index in [1.807, 2.05) is 13.8 Å². The maximum absolute atomic E-state index is 12.1. The fourth-order valence-electron chi connectivity index (χ4n) is 2.14. The predicted octanol–water partition coefficient (Wildman–Crippen LogP) is 2.32. The van der Waals surface area contributed by atoms with E-state index in [9.17, 15) is 14.7 Å². The molecular weight excluding hydrogens is 280 g/mol. The molecule has 1 aliphatic carbocycles. The smallest absolute Gasteiger partial charge is 0.251 e. The summed E-state index contributed by atoms with van der Waals surface area (Å²) in [4.78, 5) is 23.7. The summed E-state index contributed by atoms with van der Waals surface area (Å²) in [7, 11) is 0. The van der Waals surface area contributed by atoms with Gasteiger partial charge in [-0.25, -0.2) is 0 Å². The first-order chi connectivity index (χ1) is 10.5. The van der Waals surface area contributed by atoms with Gasteiger partial charge in [0, 0.05) is 23.7 Å². The van der Waals surface area contributed by atoms with Crippen molar-refractivity contribution in [1.29, 1.82) is 0 Å². The second kappa shape index (κ2) is 6.92. The Balaban J connectivity index is 1.89. The summed E-state index contributed by atoms with van der Waals surface area (Å²) >= 11 is 0. The van der Waals surface area contributed by atoms with E-state index >= 15 is 0 Å². The fraction of sp³-hybridized carbons (Fsp3) is 0.529. The van der Waals surface area contributed by atoms with Gasteiger partial charge in [0.25, 0.3) is 5.91 Å². The fourth-order valence-corrected chi connectivity index (χ4v) is 2.14. The van der Waals surface area contributed by atoms with Crippen molar-refractivity contribution >= 4 is 17.5 Å². The largest absolute Gasteiger partial charge is 0.388 e. The molecule has 1 aliphatic rings. The van der Waals surface area contributed by atoms with Gasteiger partial charge in [-0.3, -0.25) is 9.59 Å². The van der Waals surface area contributed by atoms with E-state index in [0.717, 1.165) is 12.8 Å². The van der Waals surface area contributed by atoms with Crippen molar-refractivity contribution in [3.8, 4) is 0 Å². The summed E-state index contributed by atoms with van der Waals surface area (Å²) in [5.41, 5.74) is 0.361. The van der Waals surface area contributed by atoms with Gasteiger partial charge in [-0.05, 0) is 49.9 Å². The molecule has 1 fully saturated rings. The summed E-state index contributed by atoms with van der Waals surface area (Å²) < 4.78 is 0. The molecule has 1 aromatic rings. The molecule has 5 nitrogen and oxygen atoms in total. The second-order valence-corrected chi connectivity index (χ2v) is 5.96. The average Bonchev–Trinajstić information content (AvgIpc) is 3.38. The van der Waals surface area contributed by atoms with Crippen LogP contribution < -0.4 is 10.6 Å². The topological polar surface area (TPSA) is 78.4 Å². The zero-order chi connectivity index (χ0) is 16.2. The first-order valence-corrected chi connectivity index (χ1v) is 7.89. The van der Waals surface area contributed by atoms with Crippen molar-refractivity contribution in [3.63, 3.8) is 0 Å². The molecule has 0 bridgehead atoms. The lowest BCUT2D eigenvalue weighted by Crippen LogP contribution is -2.42. The van der Waals surface area contributed by atoms with Gasteiger partial charge >= 0.3 is 0 Å². The molecule has 5 heteroatoms. The third-order valence-electron chi connectivity index (χ3n) is 4.26. The molecule has 0 atom stereocenters. The summed E-state index contributed by atoms with van der Waals surface area (Å²) in [5.74, 6) is -0.0164. The number of carbonyl (C=O) groups is 2. The van der Waals surface area contributed by atoms with Crippen molar-refractivity contribution in [2.45, 2.75) is 45.1 Å². The van der Waals surface area contributed by atoms with E-state index in [1.165, 1.54) is 0 Å². The van der Waals surface area contributed by atoms with Crippen LogP contribution in [0.25, 0.3) is 0 Å². The van der Waals surface area contributed by atoms with Crippen LogP contribution >= 0.6 is 0 Å². The lowest BCUT2D eigenvalue weighted by Gasteiger charge is -2.25. The highest BCUT2D eigenvalue weighted by Gasteiger charge is 2.29. The predicted molar refractivity (Wildman–Crippen MR) is 85.7 cm³/mol. The van der Waals surface area contributed by atoms with E-state index < -0.39 is 5.60 Å². The summed E-state index contributed by atoms with van der Waals surface area (Å²) in [5, 5.41) is 15.8. The minimum atomic E-state index is -0.853. The highest BCUT2D eigenvalue weighted by atomic mass is 16.3. The van der Waals surface area contributed by atoms with Crippen molar-refractivity contribution in [1.82, 2.24) is 5.32 Å². The van der Waals surface area contributed by atoms with Crippen LogP contribution in [0.1, 0.15) is 49.9 Å². The second-order valence-electron chi connectivity index (χ2n) is 5.96. The quantitative estimate of drug-likeness (QED) is 0.723. The molecule has 0 aromatic heterocycles. The highest BCUT2D eigenvalue weighted by Crippen LogP contribution is 2.30. The van der Waals surface area contributed by atoms with Gasteiger partial charge in [-0.2, -0.15) is 0 Å². The molecule has 3 N–H and O–H groups in total. The summed E-state index contributed by atoms with van der Waals surface area (Å²) in [6.45, 7) is 4.03. The van der Waals surface area contributed by atoms with Crippen LogP contribution in [-0.2, 0) is 4.79 Å². The molecule has 120 valence electrons. The first-order valence-electron chi connectivity index (χ1n) is 7.89. The number of hydrogen-bond donors (Lipinski definition) is 3. The van der Waals surface area contributed by atoms with Crippen molar-refractivity contribution in [2.75, 3.05) is 11.9 Å². The lowest BCUT2D eigenvalue weighted by molar-refractivity contribution is -0.117. The minimum Gasteiger partial charge on any atom is -0.388 e. The molecule has 0 saturated heterocycles. The monoisotopic (exact) mass is 304 g/mol. The van der Waals surface area contributed by atoms with Crippen molar-refractivity contribution in [2.24, 2.45) is 5.92 Å². The molecule has 22 heavy (non-hydrogen) atoms. The van der Waals surface area contributed by atoms with Gasteiger partial charge in [0.05, 0.1) is 5.60 Å².